The summed E-state index contributed by atoms with van der Waals surface area (Å²) in [5, 5.41) is 10.5. The quantitative estimate of drug-likeness (QED) is 0.564. The van der Waals surface area contributed by atoms with Crippen molar-refractivity contribution in [2.24, 2.45) is 0 Å². The van der Waals surface area contributed by atoms with E-state index >= 15 is 0 Å². The Kier molecular flexibility index (Phi) is 7.14. The van der Waals surface area contributed by atoms with Crippen LogP contribution in [0.25, 0.3) is 6.08 Å². The second kappa shape index (κ2) is 10.6. The molecule has 0 bridgehead atoms. The number of nitrogens with zero attached hydrogens (tertiary/aromatic N) is 4. The topological polar surface area (TPSA) is 89.5 Å². The Morgan fingerprint density at radius 1 is 1.09 bits per heavy atom. The molecule has 8 heteroatoms. The summed E-state index contributed by atoms with van der Waals surface area (Å²) in [4.78, 5) is 18.5. The van der Waals surface area contributed by atoms with Crippen molar-refractivity contribution >= 4 is 17.9 Å². The van der Waals surface area contributed by atoms with Gasteiger partial charge in [-0.15, -0.1) is 5.10 Å². The predicted molar refractivity (Wildman–Crippen MR) is 126 cm³/mol. The van der Waals surface area contributed by atoms with Crippen molar-refractivity contribution in [1.29, 1.82) is 0 Å². The summed E-state index contributed by atoms with van der Waals surface area (Å²) < 4.78 is 11.5. The Balaban J connectivity index is 1.32. The summed E-state index contributed by atoms with van der Waals surface area (Å²) in [6.07, 6.45) is 7.13. The number of anilines is 1. The monoisotopic (exact) mass is 445 g/mol. The number of hydrogen-bond donors (Lipinski definition) is 1. The normalized spacial score (nSPS) is 13.5. The molecule has 1 aliphatic rings. The van der Waals surface area contributed by atoms with E-state index in [0.717, 1.165) is 24.2 Å². The van der Waals surface area contributed by atoms with Gasteiger partial charge in [-0.2, -0.15) is 5.10 Å². The molecule has 0 unspecified atom stereocenters. The van der Waals surface area contributed by atoms with Crippen molar-refractivity contribution in [2.75, 3.05) is 18.4 Å². The summed E-state index contributed by atoms with van der Waals surface area (Å²) in [6, 6.07) is 14.8. The molecular weight excluding hydrogens is 418 g/mol. The van der Waals surface area contributed by atoms with Gasteiger partial charge in [0.2, 0.25) is 5.88 Å². The van der Waals surface area contributed by atoms with Gasteiger partial charge in [-0.25, -0.2) is 9.78 Å². The highest BCUT2D eigenvalue weighted by molar-refractivity contribution is 5.88. The number of carbonyl (C=O) groups excluding carboxylic acids is 1. The third kappa shape index (κ3) is 6.52. The first-order valence-corrected chi connectivity index (χ1v) is 11.0. The number of amides is 2. The summed E-state index contributed by atoms with van der Waals surface area (Å²) in [5.41, 5.74) is 2.35. The number of pyridine rings is 1. The van der Waals surface area contributed by atoms with Crippen LogP contribution in [0.2, 0.25) is 0 Å². The van der Waals surface area contributed by atoms with Crippen molar-refractivity contribution in [3.63, 3.8) is 0 Å². The summed E-state index contributed by atoms with van der Waals surface area (Å²) >= 11 is 0. The molecule has 0 radical (unpaired) electrons. The van der Waals surface area contributed by atoms with Gasteiger partial charge in [0.25, 0.3) is 0 Å². The van der Waals surface area contributed by atoms with Gasteiger partial charge in [0.05, 0.1) is 12.3 Å². The third-order valence-corrected chi connectivity index (χ3v) is 5.03. The van der Waals surface area contributed by atoms with Crippen molar-refractivity contribution in [1.82, 2.24) is 20.1 Å². The first-order chi connectivity index (χ1) is 16.0. The molecule has 0 atom stereocenters. The number of hydrogen-bond acceptors (Lipinski definition) is 6. The van der Waals surface area contributed by atoms with E-state index in [1.54, 1.807) is 35.5 Å². The maximum atomic E-state index is 12.4. The lowest BCUT2D eigenvalue weighted by Gasteiger charge is -2.28. The third-order valence-electron chi connectivity index (χ3n) is 5.03. The van der Waals surface area contributed by atoms with E-state index in [1.807, 2.05) is 44.2 Å². The lowest BCUT2D eigenvalue weighted by Crippen LogP contribution is -2.39. The zero-order valence-electron chi connectivity index (χ0n) is 18.8. The van der Waals surface area contributed by atoms with E-state index in [0.29, 0.717) is 30.5 Å². The molecule has 2 amide bonds. The molecule has 2 aromatic heterocycles. The second-order valence-electron chi connectivity index (χ2n) is 8.00. The second-order valence-corrected chi connectivity index (χ2v) is 8.00. The van der Waals surface area contributed by atoms with Crippen LogP contribution in [-0.2, 0) is 0 Å². The van der Waals surface area contributed by atoms with Gasteiger partial charge in [0, 0.05) is 25.4 Å². The van der Waals surface area contributed by atoms with Gasteiger partial charge < -0.3 is 14.4 Å². The number of likely N-dealkylation sites (tertiary alicyclic amines) is 1. The zero-order chi connectivity index (χ0) is 23.0. The zero-order valence-corrected chi connectivity index (χ0v) is 18.8. The van der Waals surface area contributed by atoms with Crippen molar-refractivity contribution in [3.8, 4) is 17.4 Å². The van der Waals surface area contributed by atoms with Crippen LogP contribution in [0.15, 0.2) is 66.5 Å². The van der Waals surface area contributed by atoms with Gasteiger partial charge in [0.15, 0.2) is 5.82 Å². The Hall–Kier alpha value is -3.94. The van der Waals surface area contributed by atoms with Crippen LogP contribution >= 0.6 is 0 Å². The average molecular weight is 446 g/mol. The molecule has 4 rings (SSSR count). The number of piperidine rings is 1. The first-order valence-electron chi connectivity index (χ1n) is 11.0. The molecule has 3 heterocycles. The largest absolute Gasteiger partial charge is 0.489 e. The van der Waals surface area contributed by atoms with Gasteiger partial charge in [0.1, 0.15) is 11.5 Å². The number of aromatic nitrogens is 3. The Bertz CT molecular complexity index is 1090. The van der Waals surface area contributed by atoms with Crippen LogP contribution in [0, 0.1) is 0 Å². The first kappa shape index (κ1) is 22.3. The van der Waals surface area contributed by atoms with Crippen LogP contribution in [0.1, 0.15) is 32.3 Å². The maximum absolute atomic E-state index is 12.4. The fourth-order valence-corrected chi connectivity index (χ4v) is 3.49. The number of benzene rings is 1. The van der Waals surface area contributed by atoms with Crippen LogP contribution in [0.3, 0.4) is 0 Å². The van der Waals surface area contributed by atoms with E-state index in [1.165, 1.54) is 5.57 Å². The van der Waals surface area contributed by atoms with E-state index in [4.69, 9.17) is 9.47 Å². The molecule has 0 aliphatic carbocycles. The predicted octanol–water partition coefficient (Wildman–Crippen LogP) is 5.16. The maximum Gasteiger partial charge on any atom is 0.323 e. The minimum absolute atomic E-state index is 0.0997. The molecule has 1 N–H and O–H groups in total. The van der Waals surface area contributed by atoms with Crippen LogP contribution in [0.4, 0.5) is 10.6 Å². The molecule has 1 saturated heterocycles. The lowest BCUT2D eigenvalue weighted by molar-refractivity contribution is 0.207. The Morgan fingerprint density at radius 2 is 1.94 bits per heavy atom. The number of rotatable bonds is 6. The van der Waals surface area contributed by atoms with E-state index in [2.05, 4.69) is 26.6 Å². The average Bonchev–Trinajstić information content (AvgIpc) is 2.81. The molecule has 0 spiro atoms. The Morgan fingerprint density at radius 3 is 2.64 bits per heavy atom. The molecule has 3 aromatic rings. The van der Waals surface area contributed by atoms with E-state index in [-0.39, 0.29) is 12.1 Å². The number of ether oxygens (including phenoxy) is 2. The molecule has 0 saturated carbocycles. The molecule has 1 aromatic carbocycles. The minimum Gasteiger partial charge on any atom is -0.489 e. The van der Waals surface area contributed by atoms with Gasteiger partial charge in [-0.05, 0) is 62.6 Å². The minimum atomic E-state index is -0.151. The van der Waals surface area contributed by atoms with E-state index < -0.39 is 0 Å². The van der Waals surface area contributed by atoms with E-state index in [9.17, 15) is 4.79 Å². The summed E-state index contributed by atoms with van der Waals surface area (Å²) in [6.45, 7) is 5.26. The molecular formula is C25H27N5O3. The highest BCUT2D eigenvalue weighted by Crippen LogP contribution is 2.25. The number of nitrogens with one attached hydrogen (secondary N) is 1. The summed E-state index contributed by atoms with van der Waals surface area (Å²) in [7, 11) is 0. The van der Waals surface area contributed by atoms with Gasteiger partial charge in [-0.3, -0.25) is 5.32 Å². The van der Waals surface area contributed by atoms with Crippen LogP contribution in [-0.4, -0.2) is 45.3 Å². The van der Waals surface area contributed by atoms with Crippen molar-refractivity contribution < 1.29 is 14.3 Å². The molecule has 1 fully saturated rings. The standard InChI is InChI=1S/C25H27N5O3/c1-18(2)32-22-8-9-24(26-17-22)33-21-6-3-5-20(16-21)15-19-10-13-30(14-11-19)25(31)28-23-7-4-12-27-29-23/h3-9,12,15-18H,10-11,13-14H2,1-2H3,(H,28,29,31). The highest BCUT2D eigenvalue weighted by Gasteiger charge is 2.19. The van der Waals surface area contributed by atoms with Crippen molar-refractivity contribution in [2.45, 2.75) is 32.8 Å². The fraction of sp³-hybridized carbons (Fsp3) is 0.280. The molecule has 8 nitrogen and oxygen atoms in total. The number of urea groups is 1. The lowest BCUT2D eigenvalue weighted by atomic mass is 10.0. The van der Waals surface area contributed by atoms with Crippen molar-refractivity contribution in [3.05, 3.63) is 72.1 Å². The van der Waals surface area contributed by atoms with Crippen LogP contribution in [0.5, 0.6) is 17.4 Å². The molecule has 1 aliphatic heterocycles. The number of carbonyl (C=O) groups is 1. The fourth-order valence-electron chi connectivity index (χ4n) is 3.49. The van der Waals surface area contributed by atoms with Gasteiger partial charge in [-0.1, -0.05) is 23.8 Å². The van der Waals surface area contributed by atoms with Crippen LogP contribution < -0.4 is 14.8 Å². The highest BCUT2D eigenvalue weighted by atomic mass is 16.5. The summed E-state index contributed by atoms with van der Waals surface area (Å²) in [5.74, 6) is 2.40. The molecule has 33 heavy (non-hydrogen) atoms. The molecule has 170 valence electrons. The Labute approximate surface area is 193 Å². The van der Waals surface area contributed by atoms with Gasteiger partial charge >= 0.3 is 6.03 Å². The smallest absolute Gasteiger partial charge is 0.323 e. The SMILES string of the molecule is CC(C)Oc1ccc(Oc2cccc(C=C3CCN(C(=O)Nc4cccnn4)CC3)c2)nc1.